The van der Waals surface area contributed by atoms with Crippen LogP contribution >= 0.6 is 0 Å². The quantitative estimate of drug-likeness (QED) is 0.737. The molecule has 1 N–H and O–H groups in total. The van der Waals surface area contributed by atoms with Crippen LogP contribution in [0.3, 0.4) is 0 Å². The van der Waals surface area contributed by atoms with E-state index in [9.17, 15) is 0 Å². The molecule has 0 aromatic heterocycles. The lowest BCUT2D eigenvalue weighted by Crippen LogP contribution is -2.01. The summed E-state index contributed by atoms with van der Waals surface area (Å²) in [6, 6.07) is 4.65. The zero-order valence-corrected chi connectivity index (χ0v) is 10.8. The molecule has 1 unspecified atom stereocenters. The van der Waals surface area contributed by atoms with E-state index in [0.29, 0.717) is 0 Å². The molecule has 1 aromatic rings. The Labute approximate surface area is 99.3 Å². The van der Waals surface area contributed by atoms with Crippen molar-refractivity contribution >= 4 is 5.69 Å². The second-order valence-corrected chi connectivity index (χ2v) is 5.12. The Morgan fingerprint density at radius 1 is 1.25 bits per heavy atom. The summed E-state index contributed by atoms with van der Waals surface area (Å²) in [7, 11) is 0. The summed E-state index contributed by atoms with van der Waals surface area (Å²) >= 11 is 0. The van der Waals surface area contributed by atoms with Gasteiger partial charge in [0.25, 0.3) is 0 Å². The molecule has 1 heteroatoms. The summed E-state index contributed by atoms with van der Waals surface area (Å²) in [5.41, 5.74) is 5.79. The Morgan fingerprint density at radius 3 is 2.81 bits per heavy atom. The van der Waals surface area contributed by atoms with E-state index < -0.39 is 0 Å². The monoisotopic (exact) mass is 217 g/mol. The van der Waals surface area contributed by atoms with Crippen molar-refractivity contribution < 1.29 is 0 Å². The van der Waals surface area contributed by atoms with Crippen molar-refractivity contribution in [3.63, 3.8) is 0 Å². The van der Waals surface area contributed by atoms with Crippen molar-refractivity contribution in [2.45, 2.75) is 52.4 Å². The minimum absolute atomic E-state index is 0.750. The minimum Gasteiger partial charge on any atom is -0.384 e. The van der Waals surface area contributed by atoms with Gasteiger partial charge in [0, 0.05) is 18.2 Å². The standard InChI is InChI=1S/C15H23N/c1-4-5-6-7-13-10-16-15-12(3)8-11(2)9-14(13)15/h8-9,13,16H,4-7,10H2,1-3H3. The molecule has 0 spiro atoms. The van der Waals surface area contributed by atoms with E-state index in [2.05, 4.69) is 38.2 Å². The number of rotatable bonds is 4. The molecule has 1 aliphatic rings. The van der Waals surface area contributed by atoms with E-state index in [4.69, 9.17) is 0 Å². The maximum atomic E-state index is 3.57. The first-order chi connectivity index (χ1) is 7.72. The van der Waals surface area contributed by atoms with Crippen LogP contribution in [0, 0.1) is 13.8 Å². The third-order valence-electron chi connectivity index (χ3n) is 3.63. The average Bonchev–Trinajstić information content (AvgIpc) is 2.62. The van der Waals surface area contributed by atoms with Gasteiger partial charge in [-0.05, 0) is 31.4 Å². The molecule has 0 aliphatic carbocycles. The molecule has 1 aliphatic heterocycles. The van der Waals surface area contributed by atoms with Gasteiger partial charge in [-0.25, -0.2) is 0 Å². The zero-order chi connectivity index (χ0) is 11.5. The van der Waals surface area contributed by atoms with Crippen LogP contribution < -0.4 is 5.32 Å². The number of fused-ring (bicyclic) bond motifs is 1. The van der Waals surface area contributed by atoms with E-state index >= 15 is 0 Å². The molecule has 0 bridgehead atoms. The van der Waals surface area contributed by atoms with Crippen molar-refractivity contribution in [1.82, 2.24) is 0 Å². The molecule has 2 rings (SSSR count). The lowest BCUT2D eigenvalue weighted by Gasteiger charge is -2.11. The van der Waals surface area contributed by atoms with Gasteiger partial charge in [0.05, 0.1) is 0 Å². The average molecular weight is 217 g/mol. The van der Waals surface area contributed by atoms with Crippen LogP contribution in [0.25, 0.3) is 0 Å². The number of nitrogens with one attached hydrogen (secondary N) is 1. The summed E-state index contributed by atoms with van der Waals surface area (Å²) < 4.78 is 0. The number of benzene rings is 1. The Balaban J connectivity index is 2.12. The molecule has 16 heavy (non-hydrogen) atoms. The van der Waals surface area contributed by atoms with Crippen molar-refractivity contribution in [2.24, 2.45) is 0 Å². The van der Waals surface area contributed by atoms with Gasteiger partial charge in [-0.3, -0.25) is 0 Å². The molecular formula is C15H23N. The van der Waals surface area contributed by atoms with E-state index in [1.165, 1.54) is 42.5 Å². The number of unbranched alkanes of at least 4 members (excludes halogenated alkanes) is 2. The second kappa shape index (κ2) is 4.90. The van der Waals surface area contributed by atoms with Crippen LogP contribution in [0.1, 0.15) is 55.2 Å². The molecule has 1 atom stereocenters. The number of hydrogen-bond acceptors (Lipinski definition) is 1. The van der Waals surface area contributed by atoms with E-state index in [-0.39, 0.29) is 0 Å². The van der Waals surface area contributed by atoms with Crippen LogP contribution in [-0.2, 0) is 0 Å². The summed E-state index contributed by atoms with van der Waals surface area (Å²) in [6.45, 7) is 7.83. The molecule has 0 saturated carbocycles. The molecule has 0 saturated heterocycles. The summed E-state index contributed by atoms with van der Waals surface area (Å²) in [5.74, 6) is 0.750. The first kappa shape index (κ1) is 11.5. The highest BCUT2D eigenvalue weighted by Gasteiger charge is 2.22. The largest absolute Gasteiger partial charge is 0.384 e. The van der Waals surface area contributed by atoms with Gasteiger partial charge in [-0.1, -0.05) is 43.9 Å². The fourth-order valence-electron chi connectivity index (χ4n) is 2.80. The number of aryl methyl sites for hydroxylation is 2. The van der Waals surface area contributed by atoms with E-state index in [0.717, 1.165) is 12.5 Å². The van der Waals surface area contributed by atoms with Gasteiger partial charge < -0.3 is 5.32 Å². The van der Waals surface area contributed by atoms with Gasteiger partial charge in [0.2, 0.25) is 0 Å². The summed E-state index contributed by atoms with van der Waals surface area (Å²) in [5, 5.41) is 3.57. The predicted octanol–water partition coefficient (Wildman–Crippen LogP) is 4.39. The van der Waals surface area contributed by atoms with Gasteiger partial charge in [0.1, 0.15) is 0 Å². The highest BCUT2D eigenvalue weighted by atomic mass is 14.9. The Hall–Kier alpha value is -0.980. The SMILES string of the molecule is CCCCCC1CNc2c(C)cc(C)cc21. The first-order valence-electron chi connectivity index (χ1n) is 6.57. The highest BCUT2D eigenvalue weighted by Crippen LogP contribution is 2.37. The molecule has 0 fully saturated rings. The third-order valence-corrected chi connectivity index (χ3v) is 3.63. The first-order valence-corrected chi connectivity index (χ1v) is 6.57. The molecule has 1 heterocycles. The normalized spacial score (nSPS) is 18.3. The summed E-state index contributed by atoms with van der Waals surface area (Å²) in [4.78, 5) is 0. The Morgan fingerprint density at radius 2 is 2.06 bits per heavy atom. The van der Waals surface area contributed by atoms with Crippen LogP contribution in [0.15, 0.2) is 12.1 Å². The van der Waals surface area contributed by atoms with Crippen molar-refractivity contribution in [1.29, 1.82) is 0 Å². The maximum Gasteiger partial charge on any atom is 0.0406 e. The smallest absolute Gasteiger partial charge is 0.0406 e. The highest BCUT2D eigenvalue weighted by molar-refractivity contribution is 5.63. The van der Waals surface area contributed by atoms with Crippen molar-refractivity contribution in [2.75, 3.05) is 11.9 Å². The predicted molar refractivity (Wildman–Crippen MR) is 71.3 cm³/mol. The van der Waals surface area contributed by atoms with Crippen molar-refractivity contribution in [3.05, 3.63) is 28.8 Å². The molecule has 1 aromatic carbocycles. The second-order valence-electron chi connectivity index (χ2n) is 5.12. The van der Waals surface area contributed by atoms with Crippen LogP contribution in [-0.4, -0.2) is 6.54 Å². The molecule has 0 amide bonds. The minimum atomic E-state index is 0.750. The third kappa shape index (κ3) is 2.23. The molecular weight excluding hydrogens is 194 g/mol. The summed E-state index contributed by atoms with van der Waals surface area (Å²) in [6.07, 6.45) is 5.41. The maximum absolute atomic E-state index is 3.57. The topological polar surface area (TPSA) is 12.0 Å². The van der Waals surface area contributed by atoms with E-state index in [1.807, 2.05) is 0 Å². The molecule has 1 nitrogen and oxygen atoms in total. The van der Waals surface area contributed by atoms with Crippen LogP contribution in [0.4, 0.5) is 5.69 Å². The van der Waals surface area contributed by atoms with Crippen LogP contribution in [0.2, 0.25) is 0 Å². The van der Waals surface area contributed by atoms with E-state index in [1.54, 1.807) is 5.56 Å². The Bertz CT molecular complexity index is 368. The fraction of sp³-hybridized carbons (Fsp3) is 0.600. The lowest BCUT2D eigenvalue weighted by molar-refractivity contribution is 0.596. The van der Waals surface area contributed by atoms with Gasteiger partial charge in [0.15, 0.2) is 0 Å². The number of anilines is 1. The van der Waals surface area contributed by atoms with Gasteiger partial charge in [-0.2, -0.15) is 0 Å². The van der Waals surface area contributed by atoms with Crippen LogP contribution in [0.5, 0.6) is 0 Å². The molecule has 88 valence electrons. The van der Waals surface area contributed by atoms with Gasteiger partial charge in [-0.15, -0.1) is 0 Å². The zero-order valence-electron chi connectivity index (χ0n) is 10.8. The lowest BCUT2D eigenvalue weighted by atomic mass is 9.92. The van der Waals surface area contributed by atoms with Gasteiger partial charge >= 0.3 is 0 Å². The Kier molecular flexibility index (Phi) is 3.52. The fourth-order valence-corrected chi connectivity index (χ4v) is 2.80. The number of hydrogen-bond donors (Lipinski definition) is 1. The van der Waals surface area contributed by atoms with Crippen molar-refractivity contribution in [3.8, 4) is 0 Å². The molecule has 0 radical (unpaired) electrons.